The Morgan fingerprint density at radius 3 is 2.62 bits per heavy atom. The van der Waals surface area contributed by atoms with E-state index in [1.807, 2.05) is 24.4 Å². The number of nitrogens with one attached hydrogen (secondary N) is 1. The molecule has 0 aliphatic rings. The zero-order valence-corrected chi connectivity index (χ0v) is 15.0. The molecule has 0 saturated heterocycles. The number of aryl methyl sites for hydroxylation is 1. The molecule has 0 bridgehead atoms. The van der Waals surface area contributed by atoms with Crippen LogP contribution in [0.5, 0.6) is 0 Å². The molecule has 0 fully saturated rings. The number of benzene rings is 1. The lowest BCUT2D eigenvalue weighted by molar-refractivity contribution is -0.111. The van der Waals surface area contributed by atoms with E-state index in [0.717, 1.165) is 11.3 Å². The van der Waals surface area contributed by atoms with Crippen molar-refractivity contribution in [3.05, 3.63) is 64.7 Å². The molecule has 6 nitrogen and oxygen atoms in total. The van der Waals surface area contributed by atoms with Gasteiger partial charge in [0, 0.05) is 11.5 Å². The molecular weight excluding hydrogens is 352 g/mol. The number of ether oxygens (including phenoxy) is 1. The predicted octanol–water partition coefficient (Wildman–Crippen LogP) is 4.15. The summed E-state index contributed by atoms with van der Waals surface area (Å²) in [5, 5.41) is 5.03. The lowest BCUT2D eigenvalue weighted by Crippen LogP contribution is -2.07. The molecule has 0 aliphatic heterocycles. The maximum atomic E-state index is 12.0. The molecule has 132 valence electrons. The average molecular weight is 368 g/mol. The fourth-order valence-corrected chi connectivity index (χ4v) is 2.89. The largest absolute Gasteiger partial charge is 0.465 e. The van der Waals surface area contributed by atoms with E-state index in [-0.39, 0.29) is 5.91 Å². The van der Waals surface area contributed by atoms with Gasteiger partial charge in [0.1, 0.15) is 11.5 Å². The summed E-state index contributed by atoms with van der Waals surface area (Å²) in [6.45, 7) is 1.86. The van der Waals surface area contributed by atoms with Crippen LogP contribution in [0.15, 0.2) is 52.3 Å². The van der Waals surface area contributed by atoms with Gasteiger partial charge in [0.25, 0.3) is 0 Å². The van der Waals surface area contributed by atoms with E-state index in [9.17, 15) is 9.59 Å². The number of furan rings is 1. The molecule has 2 heterocycles. The second-order valence-electron chi connectivity index (χ2n) is 5.38. The molecule has 3 rings (SSSR count). The van der Waals surface area contributed by atoms with Crippen molar-refractivity contribution in [3.8, 4) is 11.5 Å². The summed E-state index contributed by atoms with van der Waals surface area (Å²) in [5.41, 5.74) is 1.93. The van der Waals surface area contributed by atoms with E-state index in [2.05, 4.69) is 15.0 Å². The second-order valence-corrected chi connectivity index (χ2v) is 6.24. The van der Waals surface area contributed by atoms with Crippen LogP contribution in [0.25, 0.3) is 17.5 Å². The first-order valence-corrected chi connectivity index (χ1v) is 8.63. The van der Waals surface area contributed by atoms with Crippen molar-refractivity contribution in [3.63, 3.8) is 0 Å². The molecule has 1 amide bonds. The third-order valence-corrected chi connectivity index (χ3v) is 4.24. The van der Waals surface area contributed by atoms with E-state index < -0.39 is 5.97 Å². The third kappa shape index (κ3) is 4.25. The zero-order valence-electron chi connectivity index (χ0n) is 14.2. The van der Waals surface area contributed by atoms with Crippen molar-refractivity contribution in [2.24, 2.45) is 0 Å². The number of amides is 1. The van der Waals surface area contributed by atoms with Gasteiger partial charge in [0.2, 0.25) is 5.91 Å². The van der Waals surface area contributed by atoms with Gasteiger partial charge in [-0.25, -0.2) is 9.78 Å². The van der Waals surface area contributed by atoms with Gasteiger partial charge in [-0.2, -0.15) is 0 Å². The van der Waals surface area contributed by atoms with Gasteiger partial charge in [0.15, 0.2) is 10.9 Å². The Balaban J connectivity index is 1.61. The number of carbonyl (C=O) groups is 2. The normalized spacial score (nSPS) is 10.8. The molecule has 3 aromatic rings. The Kier molecular flexibility index (Phi) is 5.28. The highest BCUT2D eigenvalue weighted by Gasteiger charge is 2.09. The maximum absolute atomic E-state index is 12.0. The quantitative estimate of drug-likeness (QED) is 0.540. The standard InChI is InChI=1S/C19H16N2O4S/c1-12-3-9-16(25-12)15-11-26-19(20-15)21-17(22)10-6-13-4-7-14(8-5-13)18(23)24-2/h3-11H,1-2H3,(H,20,21,22)/b10-6+. The summed E-state index contributed by atoms with van der Waals surface area (Å²) >= 11 is 1.32. The smallest absolute Gasteiger partial charge is 0.337 e. The predicted molar refractivity (Wildman–Crippen MR) is 100.0 cm³/mol. The Morgan fingerprint density at radius 1 is 1.19 bits per heavy atom. The van der Waals surface area contributed by atoms with Crippen LogP contribution in [0, 0.1) is 6.92 Å². The summed E-state index contributed by atoms with van der Waals surface area (Å²) in [4.78, 5) is 27.7. The maximum Gasteiger partial charge on any atom is 0.337 e. The van der Waals surface area contributed by atoms with Gasteiger partial charge in [-0.15, -0.1) is 11.3 Å². The number of methoxy groups -OCH3 is 1. The lowest BCUT2D eigenvalue weighted by atomic mass is 10.1. The summed E-state index contributed by atoms with van der Waals surface area (Å²) in [6.07, 6.45) is 3.06. The Bertz CT molecular complexity index is 954. The van der Waals surface area contributed by atoms with Crippen LogP contribution in [0.4, 0.5) is 5.13 Å². The number of hydrogen-bond acceptors (Lipinski definition) is 6. The van der Waals surface area contributed by atoms with Crippen LogP contribution in [0.2, 0.25) is 0 Å². The molecule has 0 spiro atoms. The molecule has 0 saturated carbocycles. The first kappa shape index (κ1) is 17.6. The van der Waals surface area contributed by atoms with Gasteiger partial charge in [-0.05, 0) is 42.8 Å². The number of carbonyl (C=O) groups excluding carboxylic acids is 2. The Hall–Kier alpha value is -3.19. The minimum atomic E-state index is -0.399. The highest BCUT2D eigenvalue weighted by atomic mass is 32.1. The first-order valence-electron chi connectivity index (χ1n) is 7.75. The average Bonchev–Trinajstić information content (AvgIpc) is 3.28. The van der Waals surface area contributed by atoms with Gasteiger partial charge in [0.05, 0.1) is 12.7 Å². The molecule has 1 N–H and O–H groups in total. The van der Waals surface area contributed by atoms with Crippen molar-refractivity contribution in [2.75, 3.05) is 12.4 Å². The van der Waals surface area contributed by atoms with Crippen LogP contribution in [-0.4, -0.2) is 24.0 Å². The number of anilines is 1. The first-order chi connectivity index (χ1) is 12.5. The van der Waals surface area contributed by atoms with Crippen LogP contribution in [0.3, 0.4) is 0 Å². The number of thiazole rings is 1. The van der Waals surface area contributed by atoms with Gasteiger partial charge < -0.3 is 9.15 Å². The van der Waals surface area contributed by atoms with E-state index in [4.69, 9.17) is 4.42 Å². The van der Waals surface area contributed by atoms with Crippen molar-refractivity contribution < 1.29 is 18.7 Å². The fraction of sp³-hybridized carbons (Fsp3) is 0.105. The number of rotatable bonds is 5. The molecule has 1 aromatic carbocycles. The topological polar surface area (TPSA) is 81.4 Å². The van der Waals surface area contributed by atoms with Crippen LogP contribution < -0.4 is 5.32 Å². The van der Waals surface area contributed by atoms with Crippen LogP contribution in [0.1, 0.15) is 21.7 Å². The lowest BCUT2D eigenvalue weighted by Gasteiger charge is -1.99. The molecule has 0 unspecified atom stereocenters. The number of nitrogens with zero attached hydrogens (tertiary/aromatic N) is 1. The number of esters is 1. The van der Waals surface area contributed by atoms with Crippen molar-refractivity contribution in [1.82, 2.24) is 4.98 Å². The van der Waals surface area contributed by atoms with Gasteiger partial charge in [-0.1, -0.05) is 12.1 Å². The molecule has 7 heteroatoms. The monoisotopic (exact) mass is 368 g/mol. The van der Waals surface area contributed by atoms with E-state index in [1.54, 1.807) is 30.3 Å². The summed E-state index contributed by atoms with van der Waals surface area (Å²) in [6, 6.07) is 10.5. The fourth-order valence-electron chi connectivity index (χ4n) is 2.18. The SMILES string of the molecule is COC(=O)c1ccc(/C=C/C(=O)Nc2nc(-c3ccc(C)o3)cs2)cc1. The van der Waals surface area contributed by atoms with Crippen LogP contribution in [-0.2, 0) is 9.53 Å². The highest BCUT2D eigenvalue weighted by molar-refractivity contribution is 7.14. The zero-order chi connectivity index (χ0) is 18.5. The molecule has 26 heavy (non-hydrogen) atoms. The second kappa shape index (κ2) is 7.79. The Labute approximate surface area is 154 Å². The van der Waals surface area contributed by atoms with Crippen molar-refractivity contribution >= 4 is 34.4 Å². The molecule has 0 radical (unpaired) electrons. The highest BCUT2D eigenvalue weighted by Crippen LogP contribution is 2.26. The molecule has 0 atom stereocenters. The van der Waals surface area contributed by atoms with E-state index >= 15 is 0 Å². The summed E-state index contributed by atoms with van der Waals surface area (Å²) < 4.78 is 10.2. The van der Waals surface area contributed by atoms with Gasteiger partial charge >= 0.3 is 5.97 Å². The molecule has 2 aromatic heterocycles. The number of hydrogen-bond donors (Lipinski definition) is 1. The van der Waals surface area contributed by atoms with Crippen molar-refractivity contribution in [1.29, 1.82) is 0 Å². The van der Waals surface area contributed by atoms with Crippen molar-refractivity contribution in [2.45, 2.75) is 6.92 Å². The Morgan fingerprint density at radius 2 is 1.96 bits per heavy atom. The third-order valence-electron chi connectivity index (χ3n) is 3.49. The minimum absolute atomic E-state index is 0.293. The molecular formula is C19H16N2O4S. The van der Waals surface area contributed by atoms with Gasteiger partial charge in [-0.3, -0.25) is 10.1 Å². The summed E-state index contributed by atoms with van der Waals surface area (Å²) in [5.74, 6) is 0.781. The summed E-state index contributed by atoms with van der Waals surface area (Å²) in [7, 11) is 1.33. The van der Waals surface area contributed by atoms with E-state index in [0.29, 0.717) is 22.1 Å². The van der Waals surface area contributed by atoms with Crippen LogP contribution >= 0.6 is 11.3 Å². The molecule has 0 aliphatic carbocycles. The van der Waals surface area contributed by atoms with E-state index in [1.165, 1.54) is 24.5 Å². The number of aromatic nitrogens is 1. The minimum Gasteiger partial charge on any atom is -0.465 e.